The molecule has 86 valence electrons. The van der Waals surface area contributed by atoms with Crippen molar-refractivity contribution in [1.29, 1.82) is 0 Å². The highest BCUT2D eigenvalue weighted by atomic mass is 79.9. The van der Waals surface area contributed by atoms with Crippen LogP contribution in [0, 0.1) is 0 Å². The van der Waals surface area contributed by atoms with Crippen molar-refractivity contribution in [2.24, 2.45) is 0 Å². The van der Waals surface area contributed by atoms with Crippen LogP contribution in [0.4, 0.5) is 0 Å². The molecule has 0 saturated heterocycles. The maximum absolute atomic E-state index is 11.0. The van der Waals surface area contributed by atoms with Gasteiger partial charge in [-0.15, -0.1) is 0 Å². The van der Waals surface area contributed by atoms with Gasteiger partial charge in [0.2, 0.25) is 0 Å². The number of ether oxygens (including phenoxy) is 1. The molecule has 1 heterocycles. The molecule has 0 amide bonds. The lowest BCUT2D eigenvalue weighted by Crippen LogP contribution is -2.13. The van der Waals surface area contributed by atoms with Crippen LogP contribution in [0.5, 0.6) is 5.75 Å². The highest BCUT2D eigenvalue weighted by Crippen LogP contribution is 2.41. The minimum Gasteiger partial charge on any atom is -0.455 e. The minimum atomic E-state index is 0.769. The molecule has 1 aliphatic carbocycles. The second-order valence-corrected chi connectivity index (χ2v) is 5.11. The molecule has 2 nitrogen and oxygen atoms in total. The number of aldehydes is 1. The molecule has 0 radical (unpaired) electrons. The number of fused-ring (bicyclic) bond motifs is 2. The third-order valence-electron chi connectivity index (χ3n) is 3.15. The Labute approximate surface area is 108 Å². The van der Waals surface area contributed by atoms with Crippen molar-refractivity contribution >= 4 is 28.3 Å². The lowest BCUT2D eigenvalue weighted by molar-refractivity contribution is -0.105. The lowest BCUT2D eigenvalue weighted by atomic mass is 9.91. The van der Waals surface area contributed by atoms with Crippen LogP contribution in [0.2, 0.25) is 0 Å². The van der Waals surface area contributed by atoms with Crippen molar-refractivity contribution in [2.45, 2.75) is 19.3 Å². The molecule has 1 aliphatic heterocycles. The Bertz CT molecular complexity index is 555. The summed E-state index contributed by atoms with van der Waals surface area (Å²) in [5, 5.41) is 0. The first-order valence-electron chi connectivity index (χ1n) is 5.65. The Hall–Kier alpha value is -1.35. The van der Waals surface area contributed by atoms with Crippen LogP contribution >= 0.6 is 15.9 Å². The molecule has 17 heavy (non-hydrogen) atoms. The summed E-state index contributed by atoms with van der Waals surface area (Å²) in [5.74, 6) is 1.58. The number of rotatable bonds is 1. The SMILES string of the molecule is O=CC1=C2Oc3c(Br)cccc3C=C2CCC1. The number of para-hydroxylation sites is 1. The predicted octanol–water partition coefficient (Wildman–Crippen LogP) is 3.86. The molecule has 1 aromatic rings. The zero-order valence-corrected chi connectivity index (χ0v) is 10.8. The van der Waals surface area contributed by atoms with Crippen LogP contribution in [0.15, 0.2) is 39.6 Å². The van der Waals surface area contributed by atoms with Gasteiger partial charge in [-0.25, -0.2) is 0 Å². The van der Waals surface area contributed by atoms with Gasteiger partial charge in [0.1, 0.15) is 17.8 Å². The zero-order valence-electron chi connectivity index (χ0n) is 9.20. The summed E-state index contributed by atoms with van der Waals surface area (Å²) >= 11 is 3.48. The van der Waals surface area contributed by atoms with E-state index in [9.17, 15) is 4.79 Å². The van der Waals surface area contributed by atoms with E-state index in [0.29, 0.717) is 0 Å². The van der Waals surface area contributed by atoms with Gasteiger partial charge < -0.3 is 4.74 Å². The standard InChI is InChI=1S/C14H11BrO2/c15-12-6-2-4-10-7-9-3-1-5-11(8-16)13(9)17-14(10)12/h2,4,6-8H,1,3,5H2. The highest BCUT2D eigenvalue weighted by Gasteiger charge is 2.24. The zero-order chi connectivity index (χ0) is 11.8. The first-order chi connectivity index (χ1) is 8.29. The monoisotopic (exact) mass is 290 g/mol. The minimum absolute atomic E-state index is 0.769. The molecule has 0 bridgehead atoms. The van der Waals surface area contributed by atoms with E-state index < -0.39 is 0 Å². The van der Waals surface area contributed by atoms with Crippen molar-refractivity contribution in [3.05, 3.63) is 45.1 Å². The Morgan fingerprint density at radius 3 is 3.00 bits per heavy atom. The van der Waals surface area contributed by atoms with Gasteiger partial charge in [0, 0.05) is 11.1 Å². The van der Waals surface area contributed by atoms with E-state index in [1.165, 1.54) is 0 Å². The average Bonchev–Trinajstić information content (AvgIpc) is 2.36. The summed E-state index contributed by atoms with van der Waals surface area (Å²) in [6.07, 6.45) is 5.87. The van der Waals surface area contributed by atoms with Gasteiger partial charge in [0.15, 0.2) is 0 Å². The second-order valence-electron chi connectivity index (χ2n) is 4.26. The van der Waals surface area contributed by atoms with Crippen molar-refractivity contribution in [1.82, 2.24) is 0 Å². The summed E-state index contributed by atoms with van der Waals surface area (Å²) in [7, 11) is 0. The second kappa shape index (κ2) is 4.15. The molecule has 0 N–H and O–H groups in total. The molecule has 0 atom stereocenters. The largest absolute Gasteiger partial charge is 0.455 e. The topological polar surface area (TPSA) is 26.3 Å². The van der Waals surface area contributed by atoms with Crippen molar-refractivity contribution in [3.63, 3.8) is 0 Å². The fourth-order valence-corrected chi connectivity index (χ4v) is 2.78. The van der Waals surface area contributed by atoms with Crippen LogP contribution < -0.4 is 4.74 Å². The van der Waals surface area contributed by atoms with Crippen LogP contribution in [0.3, 0.4) is 0 Å². The lowest BCUT2D eigenvalue weighted by Gasteiger charge is -2.26. The average molecular weight is 291 g/mol. The Balaban J connectivity index is 2.19. The first-order valence-corrected chi connectivity index (χ1v) is 6.44. The molecule has 1 aromatic carbocycles. The number of carbonyl (C=O) groups is 1. The summed E-state index contributed by atoms with van der Waals surface area (Å²) in [6, 6.07) is 5.96. The normalized spacial score (nSPS) is 17.8. The number of halogens is 1. The smallest absolute Gasteiger partial charge is 0.149 e. The number of allylic oxidation sites excluding steroid dienone is 2. The molecular formula is C14H11BrO2. The van der Waals surface area contributed by atoms with E-state index in [1.54, 1.807) is 0 Å². The summed E-state index contributed by atoms with van der Waals surface area (Å²) in [6.45, 7) is 0. The third kappa shape index (κ3) is 1.75. The molecule has 3 heteroatoms. The molecule has 3 rings (SSSR count). The number of hydrogen-bond donors (Lipinski definition) is 0. The van der Waals surface area contributed by atoms with Gasteiger partial charge in [0.05, 0.1) is 4.47 Å². The van der Waals surface area contributed by atoms with Crippen LogP contribution in [0.1, 0.15) is 24.8 Å². The van der Waals surface area contributed by atoms with Gasteiger partial charge >= 0.3 is 0 Å². The molecule has 0 aromatic heterocycles. The molecular weight excluding hydrogens is 280 g/mol. The molecule has 2 aliphatic rings. The fraction of sp³-hybridized carbons (Fsp3) is 0.214. The van der Waals surface area contributed by atoms with Gasteiger partial charge in [-0.05, 0) is 52.9 Å². The molecule has 0 saturated carbocycles. The van der Waals surface area contributed by atoms with E-state index in [2.05, 4.69) is 22.0 Å². The van der Waals surface area contributed by atoms with E-state index in [4.69, 9.17) is 4.74 Å². The van der Waals surface area contributed by atoms with Gasteiger partial charge in [-0.3, -0.25) is 4.79 Å². The van der Waals surface area contributed by atoms with E-state index in [0.717, 1.165) is 58.2 Å². The van der Waals surface area contributed by atoms with Crippen molar-refractivity contribution in [2.75, 3.05) is 0 Å². The summed E-state index contributed by atoms with van der Waals surface area (Å²) in [4.78, 5) is 11.0. The fourth-order valence-electron chi connectivity index (χ4n) is 2.32. The van der Waals surface area contributed by atoms with Crippen LogP contribution in [-0.4, -0.2) is 6.29 Å². The maximum Gasteiger partial charge on any atom is 0.149 e. The van der Waals surface area contributed by atoms with Gasteiger partial charge in [-0.1, -0.05) is 12.1 Å². The highest BCUT2D eigenvalue weighted by molar-refractivity contribution is 9.10. The van der Waals surface area contributed by atoms with Crippen molar-refractivity contribution < 1.29 is 9.53 Å². The summed E-state index contributed by atoms with van der Waals surface area (Å²) < 4.78 is 6.83. The Morgan fingerprint density at radius 1 is 1.29 bits per heavy atom. The van der Waals surface area contributed by atoms with E-state index >= 15 is 0 Å². The van der Waals surface area contributed by atoms with Gasteiger partial charge in [-0.2, -0.15) is 0 Å². The van der Waals surface area contributed by atoms with E-state index in [-0.39, 0.29) is 0 Å². The number of carbonyl (C=O) groups excluding carboxylic acids is 1. The van der Waals surface area contributed by atoms with E-state index in [1.807, 2.05) is 18.2 Å². The third-order valence-corrected chi connectivity index (χ3v) is 3.77. The van der Waals surface area contributed by atoms with Crippen LogP contribution in [-0.2, 0) is 4.79 Å². The van der Waals surface area contributed by atoms with Crippen molar-refractivity contribution in [3.8, 4) is 5.75 Å². The maximum atomic E-state index is 11.0. The van der Waals surface area contributed by atoms with Crippen LogP contribution in [0.25, 0.3) is 6.08 Å². The number of benzene rings is 1. The predicted molar refractivity (Wildman–Crippen MR) is 69.7 cm³/mol. The summed E-state index contributed by atoms with van der Waals surface area (Å²) in [5.41, 5.74) is 3.00. The molecule has 0 fully saturated rings. The first kappa shape index (κ1) is 10.8. The Kier molecular flexibility index (Phi) is 2.63. The Morgan fingerprint density at radius 2 is 2.18 bits per heavy atom. The number of hydrogen-bond acceptors (Lipinski definition) is 2. The molecule has 0 spiro atoms. The quantitative estimate of drug-likeness (QED) is 0.734. The molecule has 0 unspecified atom stereocenters. The van der Waals surface area contributed by atoms with Gasteiger partial charge in [0.25, 0.3) is 0 Å².